The van der Waals surface area contributed by atoms with Gasteiger partial charge in [0.25, 0.3) is 0 Å². The van der Waals surface area contributed by atoms with Gasteiger partial charge in [0.2, 0.25) is 0 Å². The lowest BCUT2D eigenvalue weighted by molar-refractivity contribution is -0.137. The van der Waals surface area contributed by atoms with Crippen molar-refractivity contribution in [2.24, 2.45) is 0 Å². The summed E-state index contributed by atoms with van der Waals surface area (Å²) in [5, 5.41) is 0.420. The summed E-state index contributed by atoms with van der Waals surface area (Å²) in [6.07, 6.45) is -4.51. The van der Waals surface area contributed by atoms with Crippen LogP contribution >= 0.6 is 27.7 Å². The summed E-state index contributed by atoms with van der Waals surface area (Å²) in [4.78, 5) is 12.0. The molecule has 1 heterocycles. The van der Waals surface area contributed by atoms with Crippen LogP contribution in [-0.4, -0.2) is 5.75 Å². The minimum atomic E-state index is -4.51. The second-order valence-corrected chi connectivity index (χ2v) is 7.44. The fraction of sp³-hybridized carbons (Fsp3) is 0.400. The number of benzene rings is 1. The number of halogens is 4. The van der Waals surface area contributed by atoms with Gasteiger partial charge in [-0.15, -0.1) is 0 Å². The highest BCUT2D eigenvalue weighted by Crippen LogP contribution is 2.38. The van der Waals surface area contributed by atoms with E-state index in [-0.39, 0.29) is 15.8 Å². The van der Waals surface area contributed by atoms with E-state index in [1.807, 2.05) is 6.92 Å². The van der Waals surface area contributed by atoms with Crippen molar-refractivity contribution in [1.82, 2.24) is 0 Å². The average molecular weight is 395 g/mol. The van der Waals surface area contributed by atoms with Crippen LogP contribution in [0.4, 0.5) is 13.2 Å². The Kier molecular flexibility index (Phi) is 4.96. The number of hydrogen-bond donors (Lipinski definition) is 0. The van der Waals surface area contributed by atoms with E-state index in [1.165, 1.54) is 11.8 Å². The Hall–Kier alpha value is -0.950. The van der Waals surface area contributed by atoms with Crippen LogP contribution in [0.3, 0.4) is 0 Å². The Bertz CT molecular complexity index is 766. The molecule has 120 valence electrons. The molecule has 2 rings (SSSR count). The SMILES string of the molecule is CCSc1oc2c(C(C)Br)cc(C(F)(F)F)cc2c(=O)c1C. The van der Waals surface area contributed by atoms with Gasteiger partial charge in [-0.3, -0.25) is 4.79 Å². The molecule has 1 aromatic carbocycles. The van der Waals surface area contributed by atoms with Crippen LogP contribution in [0.15, 0.2) is 26.4 Å². The maximum absolute atomic E-state index is 13.0. The smallest absolute Gasteiger partial charge is 0.416 e. The molecule has 0 aliphatic heterocycles. The number of thioether (sulfide) groups is 1. The van der Waals surface area contributed by atoms with E-state index in [0.717, 1.165) is 12.1 Å². The molecule has 0 aliphatic rings. The van der Waals surface area contributed by atoms with E-state index in [4.69, 9.17) is 4.42 Å². The molecule has 2 nitrogen and oxygen atoms in total. The lowest BCUT2D eigenvalue weighted by atomic mass is 10.0. The minimum Gasteiger partial charge on any atom is -0.449 e. The molecule has 2 aromatic rings. The van der Waals surface area contributed by atoms with Crippen molar-refractivity contribution < 1.29 is 17.6 Å². The van der Waals surface area contributed by atoms with Crippen LogP contribution in [-0.2, 0) is 6.18 Å². The third kappa shape index (κ3) is 3.20. The van der Waals surface area contributed by atoms with Gasteiger partial charge in [-0.2, -0.15) is 13.2 Å². The maximum Gasteiger partial charge on any atom is 0.416 e. The fourth-order valence-electron chi connectivity index (χ4n) is 2.13. The molecule has 7 heteroatoms. The molecule has 1 aromatic heterocycles. The minimum absolute atomic E-state index is 0.0333. The van der Waals surface area contributed by atoms with Gasteiger partial charge in [-0.05, 0) is 31.7 Å². The van der Waals surface area contributed by atoms with Crippen LogP contribution in [0, 0.1) is 6.92 Å². The molecule has 0 amide bonds. The number of alkyl halides is 4. The van der Waals surface area contributed by atoms with Crippen molar-refractivity contribution in [2.75, 3.05) is 5.75 Å². The number of hydrogen-bond acceptors (Lipinski definition) is 3. The van der Waals surface area contributed by atoms with E-state index in [1.54, 1.807) is 13.8 Å². The zero-order chi connectivity index (χ0) is 16.7. The van der Waals surface area contributed by atoms with Gasteiger partial charge in [-0.1, -0.05) is 34.6 Å². The van der Waals surface area contributed by atoms with E-state index in [2.05, 4.69) is 15.9 Å². The van der Waals surface area contributed by atoms with Crippen LogP contribution in [0.2, 0.25) is 0 Å². The average Bonchev–Trinajstić information content (AvgIpc) is 2.42. The van der Waals surface area contributed by atoms with Gasteiger partial charge in [0.15, 0.2) is 10.5 Å². The van der Waals surface area contributed by atoms with Crippen molar-refractivity contribution in [3.63, 3.8) is 0 Å². The van der Waals surface area contributed by atoms with Crippen LogP contribution in [0.25, 0.3) is 11.0 Å². The first-order chi connectivity index (χ1) is 10.2. The molecule has 1 unspecified atom stereocenters. The molecule has 0 bridgehead atoms. The predicted octanol–water partition coefficient (Wildman–Crippen LogP) is 5.69. The molecule has 0 fully saturated rings. The van der Waals surface area contributed by atoms with Crippen LogP contribution < -0.4 is 5.43 Å². The summed E-state index contributed by atoms with van der Waals surface area (Å²) < 4.78 is 44.9. The number of fused-ring (bicyclic) bond motifs is 1. The zero-order valence-corrected chi connectivity index (χ0v) is 14.6. The van der Waals surface area contributed by atoms with Crippen molar-refractivity contribution >= 4 is 38.7 Å². The standard InChI is InChI=1S/C15H14BrF3O2S/c1-4-22-14-7(2)12(20)11-6-9(15(17,18)19)5-10(8(3)16)13(11)21-14/h5-6,8H,4H2,1-3H3. The highest BCUT2D eigenvalue weighted by Gasteiger charge is 2.32. The molecule has 0 spiro atoms. The summed E-state index contributed by atoms with van der Waals surface area (Å²) in [6.45, 7) is 5.18. The molecule has 1 atom stereocenters. The topological polar surface area (TPSA) is 30.2 Å². The van der Waals surface area contributed by atoms with Crippen LogP contribution in [0.5, 0.6) is 0 Å². The van der Waals surface area contributed by atoms with Gasteiger partial charge >= 0.3 is 6.18 Å². The first-order valence-electron chi connectivity index (χ1n) is 6.62. The highest BCUT2D eigenvalue weighted by atomic mass is 79.9. The van der Waals surface area contributed by atoms with Crippen molar-refractivity contribution in [2.45, 2.75) is 36.9 Å². The molecule has 0 aliphatic carbocycles. The van der Waals surface area contributed by atoms with Gasteiger partial charge in [0.05, 0.1) is 10.9 Å². The molecular formula is C15H14BrF3O2S. The van der Waals surface area contributed by atoms with Gasteiger partial charge in [0.1, 0.15) is 5.58 Å². The third-order valence-electron chi connectivity index (χ3n) is 3.24. The highest BCUT2D eigenvalue weighted by molar-refractivity contribution is 9.09. The van der Waals surface area contributed by atoms with Crippen molar-refractivity contribution in [3.05, 3.63) is 39.0 Å². The summed E-state index contributed by atoms with van der Waals surface area (Å²) in [7, 11) is 0. The molecule has 0 radical (unpaired) electrons. The number of rotatable bonds is 3. The van der Waals surface area contributed by atoms with E-state index in [0.29, 0.717) is 22.0 Å². The summed E-state index contributed by atoms with van der Waals surface area (Å²) in [6, 6.07) is 1.90. The van der Waals surface area contributed by atoms with E-state index >= 15 is 0 Å². The lowest BCUT2D eigenvalue weighted by Gasteiger charge is -2.14. The Morgan fingerprint density at radius 1 is 1.36 bits per heavy atom. The first kappa shape index (κ1) is 17.4. The second kappa shape index (κ2) is 6.28. The normalized spacial score (nSPS) is 13.6. The predicted molar refractivity (Wildman–Crippen MR) is 86.0 cm³/mol. The monoisotopic (exact) mass is 394 g/mol. The quantitative estimate of drug-likeness (QED) is 0.494. The zero-order valence-electron chi connectivity index (χ0n) is 12.2. The third-order valence-corrected chi connectivity index (χ3v) is 4.67. The fourth-order valence-corrected chi connectivity index (χ4v) is 3.18. The van der Waals surface area contributed by atoms with Gasteiger partial charge in [0, 0.05) is 16.0 Å². The molecule has 0 N–H and O–H groups in total. The van der Waals surface area contributed by atoms with E-state index in [9.17, 15) is 18.0 Å². The Morgan fingerprint density at radius 3 is 2.50 bits per heavy atom. The van der Waals surface area contributed by atoms with Crippen LogP contribution in [0.1, 0.15) is 35.4 Å². The molecule has 0 saturated carbocycles. The summed E-state index contributed by atoms with van der Waals surface area (Å²) >= 11 is 4.63. The van der Waals surface area contributed by atoms with Crippen molar-refractivity contribution in [3.8, 4) is 0 Å². The van der Waals surface area contributed by atoms with E-state index < -0.39 is 17.2 Å². The Balaban J connectivity index is 2.91. The Labute approximate surface area is 138 Å². The lowest BCUT2D eigenvalue weighted by Crippen LogP contribution is -2.12. The maximum atomic E-state index is 13.0. The Morgan fingerprint density at radius 2 is 2.00 bits per heavy atom. The molecule has 0 saturated heterocycles. The largest absolute Gasteiger partial charge is 0.449 e. The molecular weight excluding hydrogens is 381 g/mol. The second-order valence-electron chi connectivity index (χ2n) is 4.83. The van der Waals surface area contributed by atoms with Crippen molar-refractivity contribution in [1.29, 1.82) is 0 Å². The van der Waals surface area contributed by atoms with Gasteiger partial charge < -0.3 is 4.42 Å². The summed E-state index contributed by atoms with van der Waals surface area (Å²) in [5.74, 6) is 0.703. The first-order valence-corrected chi connectivity index (χ1v) is 8.52. The summed E-state index contributed by atoms with van der Waals surface area (Å²) in [5.41, 5.74) is -0.391. The molecule has 22 heavy (non-hydrogen) atoms. The van der Waals surface area contributed by atoms with Gasteiger partial charge in [-0.25, -0.2) is 0 Å².